The highest BCUT2D eigenvalue weighted by molar-refractivity contribution is 14.1. The fourth-order valence-corrected chi connectivity index (χ4v) is 4.20. The Hall–Kier alpha value is -1.48. The smallest absolute Gasteiger partial charge is 0.268 e. The van der Waals surface area contributed by atoms with Crippen LogP contribution in [-0.4, -0.2) is 18.6 Å². The third kappa shape index (κ3) is 2.44. The molecule has 21 heavy (non-hydrogen) atoms. The normalized spacial score (nSPS) is 16.1. The molecule has 1 aliphatic heterocycles. The fourth-order valence-electron chi connectivity index (χ4n) is 2.17. The highest BCUT2D eigenvalue weighted by Crippen LogP contribution is 2.32. The average Bonchev–Trinajstić information content (AvgIpc) is 2.62. The molecule has 0 saturated carbocycles. The van der Waals surface area contributed by atoms with Crippen LogP contribution < -0.4 is 0 Å². The number of hydrogen-bond donors (Lipinski definition) is 0. The predicted octanol–water partition coefficient (Wildman–Crippen LogP) is 2.78. The molecular formula is C14H9FINO3S. The van der Waals surface area contributed by atoms with E-state index in [1.807, 2.05) is 22.6 Å². The van der Waals surface area contributed by atoms with E-state index < -0.39 is 21.7 Å². The van der Waals surface area contributed by atoms with Crippen LogP contribution in [-0.2, 0) is 16.6 Å². The lowest BCUT2D eigenvalue weighted by atomic mass is 10.2. The zero-order valence-corrected chi connectivity index (χ0v) is 13.6. The van der Waals surface area contributed by atoms with Crippen molar-refractivity contribution in [2.75, 3.05) is 0 Å². The molecule has 0 saturated heterocycles. The van der Waals surface area contributed by atoms with Crippen molar-refractivity contribution in [2.45, 2.75) is 11.4 Å². The summed E-state index contributed by atoms with van der Waals surface area (Å²) in [5.41, 5.74) is 0.736. The van der Waals surface area contributed by atoms with E-state index in [1.165, 1.54) is 30.3 Å². The van der Waals surface area contributed by atoms with Gasteiger partial charge in [0.05, 0.1) is 12.1 Å². The predicted molar refractivity (Wildman–Crippen MR) is 82.6 cm³/mol. The first kappa shape index (κ1) is 14.5. The van der Waals surface area contributed by atoms with Crippen LogP contribution in [0.5, 0.6) is 0 Å². The molecule has 108 valence electrons. The summed E-state index contributed by atoms with van der Waals surface area (Å²) in [5, 5.41) is 0. The van der Waals surface area contributed by atoms with E-state index in [9.17, 15) is 17.6 Å². The topological polar surface area (TPSA) is 54.5 Å². The van der Waals surface area contributed by atoms with Crippen LogP contribution in [0.25, 0.3) is 0 Å². The molecule has 0 N–H and O–H groups in total. The second-order valence-corrected chi connectivity index (χ2v) is 7.66. The number of amides is 1. The zero-order valence-electron chi connectivity index (χ0n) is 10.6. The Morgan fingerprint density at radius 1 is 1.10 bits per heavy atom. The number of halogens is 2. The number of hydrogen-bond acceptors (Lipinski definition) is 3. The first-order chi connectivity index (χ1) is 9.89. The summed E-state index contributed by atoms with van der Waals surface area (Å²) in [6.45, 7) is -0.104. The lowest BCUT2D eigenvalue weighted by molar-refractivity contribution is 0.0865. The Morgan fingerprint density at radius 3 is 2.43 bits per heavy atom. The number of carbonyl (C=O) groups excluding carboxylic acids is 1. The van der Waals surface area contributed by atoms with Crippen molar-refractivity contribution in [3.05, 3.63) is 63.0 Å². The maximum absolute atomic E-state index is 12.9. The number of fused-ring (bicyclic) bond motifs is 1. The van der Waals surface area contributed by atoms with Crippen molar-refractivity contribution >= 4 is 38.5 Å². The highest BCUT2D eigenvalue weighted by atomic mass is 127. The van der Waals surface area contributed by atoms with Crippen LogP contribution >= 0.6 is 22.6 Å². The van der Waals surface area contributed by atoms with Gasteiger partial charge < -0.3 is 0 Å². The van der Waals surface area contributed by atoms with Gasteiger partial charge in [-0.1, -0.05) is 12.1 Å². The van der Waals surface area contributed by atoms with Crippen molar-refractivity contribution in [2.24, 2.45) is 0 Å². The van der Waals surface area contributed by atoms with Crippen LogP contribution in [0.2, 0.25) is 0 Å². The molecule has 0 unspecified atom stereocenters. The van der Waals surface area contributed by atoms with Crippen LogP contribution in [0.1, 0.15) is 15.9 Å². The van der Waals surface area contributed by atoms with Crippen molar-refractivity contribution in [3.8, 4) is 0 Å². The lowest BCUT2D eigenvalue weighted by Gasteiger charge is -2.14. The van der Waals surface area contributed by atoms with Gasteiger partial charge in [0.15, 0.2) is 0 Å². The lowest BCUT2D eigenvalue weighted by Crippen LogP contribution is -2.29. The van der Waals surface area contributed by atoms with Gasteiger partial charge in [0.25, 0.3) is 15.9 Å². The molecule has 0 fully saturated rings. The van der Waals surface area contributed by atoms with Crippen LogP contribution in [0, 0.1) is 9.39 Å². The van der Waals surface area contributed by atoms with E-state index in [0.717, 1.165) is 7.88 Å². The Kier molecular flexibility index (Phi) is 3.48. The standard InChI is InChI=1S/C14H9FINO3S/c15-10-3-1-9(2-4-10)8-17-14(18)12-7-11(16)5-6-13(12)21(17,19)20/h1-7H,8H2. The first-order valence-corrected chi connectivity index (χ1v) is 8.52. The van der Waals surface area contributed by atoms with Gasteiger partial charge in [-0.05, 0) is 58.5 Å². The monoisotopic (exact) mass is 417 g/mol. The first-order valence-electron chi connectivity index (χ1n) is 6.00. The SMILES string of the molecule is O=C1c2cc(I)ccc2S(=O)(=O)N1Cc1ccc(F)cc1. The molecule has 2 aromatic rings. The fraction of sp³-hybridized carbons (Fsp3) is 0.0714. The molecule has 0 aliphatic carbocycles. The summed E-state index contributed by atoms with van der Waals surface area (Å²) in [6, 6.07) is 10.0. The molecule has 0 aromatic heterocycles. The molecule has 1 aliphatic rings. The van der Waals surface area contributed by atoms with Gasteiger partial charge in [-0.15, -0.1) is 0 Å². The summed E-state index contributed by atoms with van der Waals surface area (Å²) < 4.78 is 39.3. The van der Waals surface area contributed by atoms with Gasteiger partial charge in [0.1, 0.15) is 10.7 Å². The second-order valence-electron chi connectivity index (χ2n) is 4.58. The van der Waals surface area contributed by atoms with Gasteiger partial charge in [-0.25, -0.2) is 17.1 Å². The molecular weight excluding hydrogens is 408 g/mol. The summed E-state index contributed by atoms with van der Waals surface area (Å²) in [5.74, 6) is -0.958. The number of rotatable bonds is 2. The molecule has 0 bridgehead atoms. The summed E-state index contributed by atoms with van der Waals surface area (Å²) >= 11 is 2.02. The van der Waals surface area contributed by atoms with E-state index in [2.05, 4.69) is 0 Å². The third-order valence-electron chi connectivity index (χ3n) is 3.21. The highest BCUT2D eigenvalue weighted by Gasteiger charge is 2.41. The molecule has 0 atom stereocenters. The van der Waals surface area contributed by atoms with Crippen molar-refractivity contribution in [3.63, 3.8) is 0 Å². The molecule has 0 radical (unpaired) electrons. The van der Waals surface area contributed by atoms with E-state index in [4.69, 9.17) is 0 Å². The average molecular weight is 417 g/mol. The molecule has 1 heterocycles. The van der Waals surface area contributed by atoms with Crippen molar-refractivity contribution in [1.82, 2.24) is 4.31 Å². The Bertz CT molecular complexity index is 834. The van der Waals surface area contributed by atoms with Crippen molar-refractivity contribution in [1.29, 1.82) is 0 Å². The minimum atomic E-state index is -3.83. The van der Waals surface area contributed by atoms with Gasteiger partial charge in [-0.3, -0.25) is 4.79 Å². The van der Waals surface area contributed by atoms with Gasteiger partial charge in [0, 0.05) is 3.57 Å². The summed E-state index contributed by atoms with van der Waals surface area (Å²) in [4.78, 5) is 12.3. The molecule has 3 rings (SSSR count). The minimum absolute atomic E-state index is 0.0232. The number of carbonyl (C=O) groups is 1. The van der Waals surface area contributed by atoms with E-state index >= 15 is 0 Å². The minimum Gasteiger partial charge on any atom is -0.268 e. The number of sulfonamides is 1. The summed E-state index contributed by atoms with van der Waals surface area (Å²) in [7, 11) is -3.83. The van der Waals surface area contributed by atoms with E-state index in [1.54, 1.807) is 12.1 Å². The molecule has 7 heteroatoms. The van der Waals surface area contributed by atoms with E-state index in [-0.39, 0.29) is 17.0 Å². The number of nitrogens with zero attached hydrogens (tertiary/aromatic N) is 1. The van der Waals surface area contributed by atoms with Crippen LogP contribution in [0.15, 0.2) is 47.4 Å². The molecule has 1 amide bonds. The van der Waals surface area contributed by atoms with Gasteiger partial charge in [-0.2, -0.15) is 0 Å². The molecule has 2 aromatic carbocycles. The Labute approximate surface area is 134 Å². The van der Waals surface area contributed by atoms with Crippen LogP contribution in [0.3, 0.4) is 0 Å². The van der Waals surface area contributed by atoms with Crippen LogP contribution in [0.4, 0.5) is 4.39 Å². The largest absolute Gasteiger partial charge is 0.269 e. The van der Waals surface area contributed by atoms with E-state index in [0.29, 0.717) is 5.56 Å². The maximum atomic E-state index is 12.9. The Morgan fingerprint density at radius 2 is 1.76 bits per heavy atom. The van der Waals surface area contributed by atoms with Gasteiger partial charge >= 0.3 is 0 Å². The zero-order chi connectivity index (χ0) is 15.2. The second kappa shape index (κ2) is 5.06. The molecule has 4 nitrogen and oxygen atoms in total. The number of benzene rings is 2. The van der Waals surface area contributed by atoms with Gasteiger partial charge in [0.2, 0.25) is 0 Å². The summed E-state index contributed by atoms with van der Waals surface area (Å²) in [6.07, 6.45) is 0. The maximum Gasteiger partial charge on any atom is 0.269 e. The molecule has 0 spiro atoms. The van der Waals surface area contributed by atoms with Crippen molar-refractivity contribution < 1.29 is 17.6 Å². The quantitative estimate of drug-likeness (QED) is 0.707. The Balaban J connectivity index is 2.02. The third-order valence-corrected chi connectivity index (χ3v) is 5.66.